The predicted molar refractivity (Wildman–Crippen MR) is 59.3 cm³/mol. The third kappa shape index (κ3) is 22.6. The average Bonchev–Trinajstić information content (AvgIpc) is 2.19. The molecule has 0 amide bonds. The normalized spacial score (nSPS) is 11.4. The largest absolute Gasteiger partial charge is 0.394 e. The Kier molecular flexibility index (Phi) is 17.3. The third-order valence-electron chi connectivity index (χ3n) is 1.39. The molecule has 0 saturated carbocycles. The lowest BCUT2D eigenvalue weighted by atomic mass is 10.3. The summed E-state index contributed by atoms with van der Waals surface area (Å²) >= 11 is 0. The lowest BCUT2D eigenvalue weighted by Gasteiger charge is -1.97. The van der Waals surface area contributed by atoms with Gasteiger partial charge in [-0.1, -0.05) is 25.8 Å². The number of aliphatic hydroxyl groups excluding tert-OH is 2. The first-order valence-electron chi connectivity index (χ1n) is 5.16. The van der Waals surface area contributed by atoms with Crippen LogP contribution in [0.5, 0.6) is 0 Å². The Morgan fingerprint density at radius 1 is 1.43 bits per heavy atom. The van der Waals surface area contributed by atoms with Crippen molar-refractivity contribution in [3.63, 3.8) is 0 Å². The molecule has 0 heterocycles. The molecule has 0 spiro atoms. The van der Waals surface area contributed by atoms with Gasteiger partial charge in [0.05, 0.1) is 19.3 Å². The van der Waals surface area contributed by atoms with Crippen LogP contribution in [-0.2, 0) is 4.74 Å². The van der Waals surface area contributed by atoms with E-state index >= 15 is 0 Å². The molecule has 3 nitrogen and oxygen atoms in total. The van der Waals surface area contributed by atoms with E-state index < -0.39 is 6.10 Å². The summed E-state index contributed by atoms with van der Waals surface area (Å²) in [6.45, 7) is 8.72. The van der Waals surface area contributed by atoms with Crippen molar-refractivity contribution in [2.24, 2.45) is 0 Å². The van der Waals surface area contributed by atoms with Crippen LogP contribution in [0.15, 0.2) is 12.7 Å². The molecule has 0 aliphatic heterocycles. The summed E-state index contributed by atoms with van der Waals surface area (Å²) in [5, 5.41) is 16.0. The Morgan fingerprint density at radius 2 is 2.00 bits per heavy atom. The second-order valence-corrected chi connectivity index (χ2v) is 3.10. The highest BCUT2D eigenvalue weighted by Gasteiger charge is 1.83. The van der Waals surface area contributed by atoms with E-state index in [1.807, 2.05) is 0 Å². The van der Waals surface area contributed by atoms with Crippen molar-refractivity contribution in [3.05, 3.63) is 12.7 Å². The molecule has 0 aromatic heterocycles. The fourth-order valence-corrected chi connectivity index (χ4v) is 0.621. The maximum Gasteiger partial charge on any atom is 0.0742 e. The van der Waals surface area contributed by atoms with Crippen LogP contribution in [-0.4, -0.2) is 36.1 Å². The summed E-state index contributed by atoms with van der Waals surface area (Å²) in [5.74, 6) is 0. The van der Waals surface area contributed by atoms with Crippen molar-refractivity contribution in [1.82, 2.24) is 0 Å². The highest BCUT2D eigenvalue weighted by Crippen LogP contribution is 1.93. The monoisotopic (exact) mass is 204 g/mol. The van der Waals surface area contributed by atoms with Gasteiger partial charge >= 0.3 is 0 Å². The summed E-state index contributed by atoms with van der Waals surface area (Å²) in [6.07, 6.45) is 4.94. The topological polar surface area (TPSA) is 49.7 Å². The Hall–Kier alpha value is -0.380. The lowest BCUT2D eigenvalue weighted by Crippen LogP contribution is -2.03. The molecule has 86 valence electrons. The second kappa shape index (κ2) is 15.1. The Balaban J connectivity index is 0. The fourth-order valence-electron chi connectivity index (χ4n) is 0.621. The van der Waals surface area contributed by atoms with Gasteiger partial charge in [-0.3, -0.25) is 0 Å². The Bertz CT molecular complexity index is 103. The summed E-state index contributed by atoms with van der Waals surface area (Å²) in [6, 6.07) is 0. The van der Waals surface area contributed by atoms with Gasteiger partial charge in [-0.25, -0.2) is 0 Å². The van der Waals surface area contributed by atoms with Crippen LogP contribution in [0.2, 0.25) is 0 Å². The molecule has 0 aromatic carbocycles. The van der Waals surface area contributed by atoms with Crippen molar-refractivity contribution in [3.8, 4) is 0 Å². The van der Waals surface area contributed by atoms with Gasteiger partial charge in [-0.2, -0.15) is 0 Å². The minimum Gasteiger partial charge on any atom is -0.394 e. The van der Waals surface area contributed by atoms with Crippen LogP contribution in [0.4, 0.5) is 0 Å². The Morgan fingerprint density at radius 3 is 2.36 bits per heavy atom. The number of unbranched alkanes of at least 4 members (excludes halogenated alkanes) is 2. The van der Waals surface area contributed by atoms with Gasteiger partial charge < -0.3 is 14.9 Å². The van der Waals surface area contributed by atoms with E-state index in [1.165, 1.54) is 26.2 Å². The highest BCUT2D eigenvalue weighted by molar-refractivity contribution is 4.63. The van der Waals surface area contributed by atoms with Crippen LogP contribution < -0.4 is 0 Å². The smallest absolute Gasteiger partial charge is 0.0742 e. The molecule has 14 heavy (non-hydrogen) atoms. The van der Waals surface area contributed by atoms with Gasteiger partial charge in [0, 0.05) is 6.61 Å². The molecule has 0 bridgehead atoms. The van der Waals surface area contributed by atoms with Crippen LogP contribution in [0.1, 0.15) is 33.1 Å². The quantitative estimate of drug-likeness (QED) is 0.490. The van der Waals surface area contributed by atoms with Crippen LogP contribution >= 0.6 is 0 Å². The third-order valence-corrected chi connectivity index (χ3v) is 1.39. The van der Waals surface area contributed by atoms with Crippen molar-refractivity contribution in [1.29, 1.82) is 0 Å². The molecule has 0 aromatic rings. The molecule has 0 aliphatic carbocycles. The molecule has 0 radical (unpaired) electrons. The zero-order valence-electron chi connectivity index (χ0n) is 9.41. The highest BCUT2D eigenvalue weighted by atomic mass is 16.5. The fraction of sp³-hybridized carbons (Fsp3) is 0.818. The zero-order chi connectivity index (χ0) is 11.2. The first-order valence-corrected chi connectivity index (χ1v) is 5.16. The first-order chi connectivity index (χ1) is 6.68. The lowest BCUT2D eigenvalue weighted by molar-refractivity contribution is 0.110. The molecular weight excluding hydrogens is 180 g/mol. The van der Waals surface area contributed by atoms with Crippen LogP contribution in [0.25, 0.3) is 0 Å². The molecule has 3 heteroatoms. The van der Waals surface area contributed by atoms with Gasteiger partial charge in [0.25, 0.3) is 0 Å². The van der Waals surface area contributed by atoms with Gasteiger partial charge in [0.2, 0.25) is 0 Å². The first kappa shape index (κ1) is 16.1. The zero-order valence-corrected chi connectivity index (χ0v) is 9.41. The van der Waals surface area contributed by atoms with Gasteiger partial charge in [-0.15, -0.1) is 6.58 Å². The van der Waals surface area contributed by atoms with Gasteiger partial charge in [0.1, 0.15) is 0 Å². The minimum absolute atomic E-state index is 0.139. The molecule has 2 N–H and O–H groups in total. The van der Waals surface area contributed by atoms with Crippen LogP contribution in [0, 0.1) is 0 Å². The van der Waals surface area contributed by atoms with Crippen molar-refractivity contribution in [2.75, 3.05) is 19.8 Å². The van der Waals surface area contributed by atoms with E-state index in [0.29, 0.717) is 6.61 Å². The van der Waals surface area contributed by atoms with Crippen molar-refractivity contribution >= 4 is 0 Å². The average molecular weight is 204 g/mol. The van der Waals surface area contributed by atoms with E-state index in [1.54, 1.807) is 6.08 Å². The second-order valence-electron chi connectivity index (χ2n) is 3.10. The van der Waals surface area contributed by atoms with Crippen molar-refractivity contribution in [2.45, 2.75) is 39.2 Å². The number of ether oxygens (including phenoxy) is 1. The van der Waals surface area contributed by atoms with E-state index in [2.05, 4.69) is 13.5 Å². The molecule has 1 unspecified atom stereocenters. The van der Waals surface area contributed by atoms with Crippen molar-refractivity contribution < 1.29 is 14.9 Å². The van der Waals surface area contributed by atoms with E-state index in [9.17, 15) is 0 Å². The summed E-state index contributed by atoms with van der Waals surface area (Å²) < 4.78 is 5.17. The molecular formula is C11H24O3. The van der Waals surface area contributed by atoms with Gasteiger partial charge in [0.15, 0.2) is 0 Å². The molecule has 1 atom stereocenters. The predicted octanol–water partition coefficient (Wildman–Crippen LogP) is 1.74. The number of aliphatic hydroxyl groups is 2. The maximum atomic E-state index is 8.11. The molecule has 0 aliphatic rings. The van der Waals surface area contributed by atoms with E-state index in [4.69, 9.17) is 14.9 Å². The maximum absolute atomic E-state index is 8.11. The summed E-state index contributed by atoms with van der Waals surface area (Å²) in [4.78, 5) is 0. The van der Waals surface area contributed by atoms with Gasteiger partial charge in [-0.05, 0) is 13.3 Å². The molecule has 0 rings (SSSR count). The minimum atomic E-state index is -0.560. The standard InChI is InChI=1S/C8H16O.C3H8O2/c1-3-5-6-8-9-7-4-2;1-3(5)2-4/h4H,2-3,5-8H2,1H3;3-5H,2H2,1H3. The summed E-state index contributed by atoms with van der Waals surface area (Å²) in [5.41, 5.74) is 0. The summed E-state index contributed by atoms with van der Waals surface area (Å²) in [7, 11) is 0. The Labute approximate surface area is 87.4 Å². The van der Waals surface area contributed by atoms with E-state index in [0.717, 1.165) is 6.61 Å². The SMILES string of the molecule is C=CCOCCCCC.CC(O)CO. The molecule has 0 saturated heterocycles. The number of hydrogen-bond acceptors (Lipinski definition) is 3. The number of rotatable bonds is 7. The van der Waals surface area contributed by atoms with E-state index in [-0.39, 0.29) is 6.61 Å². The van der Waals surface area contributed by atoms with Crippen LogP contribution in [0.3, 0.4) is 0 Å². The number of hydrogen-bond donors (Lipinski definition) is 2. The molecule has 0 fully saturated rings.